The monoisotopic (exact) mass is 268 g/mol. The lowest BCUT2D eigenvalue weighted by atomic mass is 9.94. The Balaban J connectivity index is 2.00. The Labute approximate surface area is 117 Å². The van der Waals surface area contributed by atoms with E-state index in [1.54, 1.807) is 6.07 Å². The molecular formula is C17H16O3. The van der Waals surface area contributed by atoms with E-state index in [4.69, 9.17) is 4.74 Å². The summed E-state index contributed by atoms with van der Waals surface area (Å²) in [6.07, 6.45) is 0.0520. The molecule has 1 aliphatic heterocycles. The summed E-state index contributed by atoms with van der Waals surface area (Å²) < 4.78 is 5.94. The van der Waals surface area contributed by atoms with E-state index < -0.39 is 0 Å². The van der Waals surface area contributed by atoms with Gasteiger partial charge in [0.1, 0.15) is 17.6 Å². The molecule has 1 heterocycles. The zero-order valence-electron chi connectivity index (χ0n) is 11.5. The first-order valence-electron chi connectivity index (χ1n) is 6.65. The summed E-state index contributed by atoms with van der Waals surface area (Å²) in [6, 6.07) is 11.1. The van der Waals surface area contributed by atoms with Crippen LogP contribution in [0.5, 0.6) is 11.5 Å². The summed E-state index contributed by atoms with van der Waals surface area (Å²) in [7, 11) is 0. The van der Waals surface area contributed by atoms with Crippen molar-refractivity contribution in [1.82, 2.24) is 0 Å². The minimum absolute atomic E-state index is 0.0974. The molecule has 3 rings (SSSR count). The maximum Gasteiger partial charge on any atom is 0.170 e. The van der Waals surface area contributed by atoms with Crippen LogP contribution in [0, 0.1) is 13.8 Å². The van der Waals surface area contributed by atoms with Gasteiger partial charge in [-0.3, -0.25) is 4.79 Å². The Bertz CT molecular complexity index is 665. The third-order valence-corrected chi connectivity index (χ3v) is 3.71. The molecule has 0 amide bonds. The molecule has 1 N–H and O–H groups in total. The Morgan fingerprint density at radius 2 is 1.80 bits per heavy atom. The molecule has 0 radical (unpaired) electrons. The number of para-hydroxylation sites is 1. The van der Waals surface area contributed by atoms with Crippen LogP contribution in [0.25, 0.3) is 0 Å². The lowest BCUT2D eigenvalue weighted by molar-refractivity contribution is 0.0850. The van der Waals surface area contributed by atoms with Crippen molar-refractivity contribution in [2.45, 2.75) is 26.4 Å². The van der Waals surface area contributed by atoms with Crippen LogP contribution >= 0.6 is 0 Å². The smallest absolute Gasteiger partial charge is 0.170 e. The van der Waals surface area contributed by atoms with Crippen molar-refractivity contribution in [2.75, 3.05) is 0 Å². The first kappa shape index (κ1) is 12.7. The molecule has 102 valence electrons. The summed E-state index contributed by atoms with van der Waals surface area (Å²) >= 11 is 0. The van der Waals surface area contributed by atoms with E-state index in [0.29, 0.717) is 23.5 Å². The van der Waals surface area contributed by atoms with E-state index in [9.17, 15) is 9.90 Å². The van der Waals surface area contributed by atoms with Gasteiger partial charge in [0.25, 0.3) is 0 Å². The zero-order valence-corrected chi connectivity index (χ0v) is 11.5. The highest BCUT2D eigenvalue weighted by Gasteiger charge is 2.27. The molecule has 0 saturated heterocycles. The Morgan fingerprint density at radius 3 is 2.50 bits per heavy atom. The van der Waals surface area contributed by atoms with Gasteiger partial charge in [0, 0.05) is 0 Å². The second kappa shape index (κ2) is 4.67. The van der Waals surface area contributed by atoms with Gasteiger partial charge in [-0.25, -0.2) is 0 Å². The molecule has 0 fully saturated rings. The summed E-state index contributed by atoms with van der Waals surface area (Å²) in [5, 5.41) is 9.83. The summed E-state index contributed by atoms with van der Waals surface area (Å²) in [4.78, 5) is 12.2. The number of fused-ring (bicyclic) bond motifs is 1. The number of carbonyl (C=O) groups excluding carboxylic acids is 1. The van der Waals surface area contributed by atoms with Crippen LogP contribution in [0.4, 0.5) is 0 Å². The molecule has 3 nitrogen and oxygen atoms in total. The molecule has 0 aromatic heterocycles. The van der Waals surface area contributed by atoms with Crippen molar-refractivity contribution in [3.05, 3.63) is 58.7 Å². The van der Waals surface area contributed by atoms with Gasteiger partial charge < -0.3 is 9.84 Å². The van der Waals surface area contributed by atoms with Gasteiger partial charge >= 0.3 is 0 Å². The average molecular weight is 268 g/mol. The Kier molecular flexibility index (Phi) is 2.97. The number of rotatable bonds is 1. The fraction of sp³-hybridized carbons (Fsp3) is 0.235. The molecule has 20 heavy (non-hydrogen) atoms. The SMILES string of the molecule is Cc1cc(C2CC(=O)c3ccccc3O2)cc(C)c1O. The van der Waals surface area contributed by atoms with Crippen molar-refractivity contribution < 1.29 is 14.6 Å². The van der Waals surface area contributed by atoms with Crippen LogP contribution in [0.2, 0.25) is 0 Å². The predicted molar refractivity (Wildman–Crippen MR) is 76.3 cm³/mol. The van der Waals surface area contributed by atoms with Gasteiger partial charge in [0.15, 0.2) is 5.78 Å². The average Bonchev–Trinajstić information content (AvgIpc) is 2.44. The Hall–Kier alpha value is -2.29. The molecule has 0 spiro atoms. The minimum atomic E-state index is -0.282. The molecule has 1 unspecified atom stereocenters. The minimum Gasteiger partial charge on any atom is -0.507 e. The highest BCUT2D eigenvalue weighted by atomic mass is 16.5. The highest BCUT2D eigenvalue weighted by Crippen LogP contribution is 2.36. The summed E-state index contributed by atoms with van der Waals surface area (Å²) in [5.74, 6) is 1.04. The number of aromatic hydroxyl groups is 1. The van der Waals surface area contributed by atoms with Gasteiger partial charge in [0.2, 0.25) is 0 Å². The van der Waals surface area contributed by atoms with Crippen LogP contribution in [0.15, 0.2) is 36.4 Å². The number of phenols is 1. The number of phenolic OH excluding ortho intramolecular Hbond substituents is 1. The second-order valence-corrected chi connectivity index (χ2v) is 5.23. The van der Waals surface area contributed by atoms with E-state index in [-0.39, 0.29) is 11.9 Å². The van der Waals surface area contributed by atoms with Crippen molar-refractivity contribution in [3.8, 4) is 11.5 Å². The first-order chi connectivity index (χ1) is 9.56. The number of ketones is 1. The maximum atomic E-state index is 12.2. The fourth-order valence-corrected chi connectivity index (χ4v) is 2.63. The molecule has 2 aromatic rings. The lowest BCUT2D eigenvalue weighted by Crippen LogP contribution is -2.20. The van der Waals surface area contributed by atoms with Crippen LogP contribution in [0.1, 0.15) is 39.6 Å². The predicted octanol–water partition coefficient (Wildman–Crippen LogP) is 3.72. The van der Waals surface area contributed by atoms with Crippen molar-refractivity contribution >= 4 is 5.78 Å². The van der Waals surface area contributed by atoms with Gasteiger partial charge in [-0.1, -0.05) is 12.1 Å². The quantitative estimate of drug-likeness (QED) is 0.857. The molecule has 1 atom stereocenters. The third-order valence-electron chi connectivity index (χ3n) is 3.71. The van der Waals surface area contributed by atoms with Crippen LogP contribution in [0.3, 0.4) is 0 Å². The van der Waals surface area contributed by atoms with Gasteiger partial charge in [-0.05, 0) is 54.8 Å². The molecular weight excluding hydrogens is 252 g/mol. The third kappa shape index (κ3) is 2.05. The fourth-order valence-electron chi connectivity index (χ4n) is 2.63. The van der Waals surface area contributed by atoms with Gasteiger partial charge in [-0.15, -0.1) is 0 Å². The van der Waals surface area contributed by atoms with Gasteiger partial charge in [0.05, 0.1) is 12.0 Å². The first-order valence-corrected chi connectivity index (χ1v) is 6.65. The number of aryl methyl sites for hydroxylation is 2. The second-order valence-electron chi connectivity index (χ2n) is 5.23. The van der Waals surface area contributed by atoms with Crippen LogP contribution in [-0.2, 0) is 0 Å². The zero-order chi connectivity index (χ0) is 14.3. The maximum absolute atomic E-state index is 12.2. The van der Waals surface area contributed by atoms with E-state index >= 15 is 0 Å². The number of benzene rings is 2. The highest BCUT2D eigenvalue weighted by molar-refractivity contribution is 5.99. The number of carbonyl (C=O) groups is 1. The standard InChI is InChI=1S/C17H16O3/c1-10-7-12(8-11(2)17(10)19)16-9-14(18)13-5-3-4-6-15(13)20-16/h3-8,16,19H,9H2,1-2H3. The van der Waals surface area contributed by atoms with Crippen LogP contribution < -0.4 is 4.74 Å². The van der Waals surface area contributed by atoms with Crippen LogP contribution in [-0.4, -0.2) is 10.9 Å². The number of Topliss-reactive ketones (excluding diaryl/α,β-unsaturated/α-hetero) is 1. The van der Waals surface area contributed by atoms with Crippen molar-refractivity contribution in [1.29, 1.82) is 0 Å². The van der Waals surface area contributed by atoms with E-state index in [1.165, 1.54) is 0 Å². The molecule has 2 aromatic carbocycles. The molecule has 3 heteroatoms. The van der Waals surface area contributed by atoms with Crippen molar-refractivity contribution in [2.24, 2.45) is 0 Å². The van der Waals surface area contributed by atoms with E-state index in [2.05, 4.69) is 0 Å². The van der Waals surface area contributed by atoms with E-state index in [0.717, 1.165) is 16.7 Å². The largest absolute Gasteiger partial charge is 0.507 e. The summed E-state index contributed by atoms with van der Waals surface area (Å²) in [6.45, 7) is 3.70. The number of hydrogen-bond donors (Lipinski definition) is 1. The van der Waals surface area contributed by atoms with E-state index in [1.807, 2.05) is 44.2 Å². The van der Waals surface area contributed by atoms with Gasteiger partial charge in [-0.2, -0.15) is 0 Å². The molecule has 0 saturated carbocycles. The van der Waals surface area contributed by atoms with Crippen molar-refractivity contribution in [3.63, 3.8) is 0 Å². The molecule has 0 aliphatic carbocycles. The topological polar surface area (TPSA) is 46.5 Å². The molecule has 0 bridgehead atoms. The lowest BCUT2D eigenvalue weighted by Gasteiger charge is -2.26. The summed E-state index contributed by atoms with van der Waals surface area (Å²) in [5.41, 5.74) is 3.18. The molecule has 1 aliphatic rings. The number of ether oxygens (including phenoxy) is 1. The Morgan fingerprint density at radius 1 is 1.15 bits per heavy atom. The normalized spacial score (nSPS) is 17.5. The number of hydrogen-bond acceptors (Lipinski definition) is 3.